The molecule has 1 heterocycles. The predicted molar refractivity (Wildman–Crippen MR) is 62.3 cm³/mol. The Morgan fingerprint density at radius 3 is 2.71 bits per heavy atom. The average Bonchev–Trinajstić information content (AvgIpc) is 2.78. The molecule has 92 valence electrons. The summed E-state index contributed by atoms with van der Waals surface area (Å²) in [6.07, 6.45) is 2.47. The molecule has 1 unspecified atom stereocenters. The van der Waals surface area contributed by atoms with E-state index in [1.54, 1.807) is 12.1 Å². The van der Waals surface area contributed by atoms with E-state index in [4.69, 9.17) is 0 Å². The Morgan fingerprint density at radius 1 is 1.41 bits per heavy atom. The van der Waals surface area contributed by atoms with Gasteiger partial charge >= 0.3 is 5.97 Å². The summed E-state index contributed by atoms with van der Waals surface area (Å²) >= 11 is 0. The molecule has 0 bridgehead atoms. The lowest BCUT2D eigenvalue weighted by Gasteiger charge is -2.23. The molecule has 3 nitrogen and oxygen atoms in total. The summed E-state index contributed by atoms with van der Waals surface area (Å²) in [4.78, 5) is 13.2. The number of hydrogen-bond donors (Lipinski definition) is 1. The maximum atomic E-state index is 13.0. The Hall–Kier alpha value is -1.42. The van der Waals surface area contributed by atoms with Crippen LogP contribution in [0.2, 0.25) is 0 Å². The molecule has 1 aromatic carbocycles. The normalized spacial score (nSPS) is 18.2. The number of rotatable bonds is 4. The van der Waals surface area contributed by atoms with Crippen molar-refractivity contribution in [2.24, 2.45) is 0 Å². The molecule has 0 spiro atoms. The number of likely N-dealkylation sites (tertiary alicyclic amines) is 1. The molecule has 0 aliphatic carbocycles. The number of hydrogen-bond acceptors (Lipinski definition) is 2. The first kappa shape index (κ1) is 12.0. The topological polar surface area (TPSA) is 40.5 Å². The zero-order valence-corrected chi connectivity index (χ0v) is 9.60. The van der Waals surface area contributed by atoms with Crippen molar-refractivity contribution in [3.8, 4) is 0 Å². The number of benzene rings is 1. The van der Waals surface area contributed by atoms with E-state index in [0.717, 1.165) is 31.5 Å². The molecule has 1 saturated heterocycles. The standard InChI is InChI=1S/C13H16FNO2/c14-11-5-3-4-10(8-11)9-12(13(16)17)15-6-1-2-7-15/h3-5,8,12H,1-2,6-7,9H2,(H,16,17). The lowest BCUT2D eigenvalue weighted by atomic mass is 10.0. The van der Waals surface area contributed by atoms with Crippen molar-refractivity contribution in [1.82, 2.24) is 4.90 Å². The van der Waals surface area contributed by atoms with Crippen LogP contribution < -0.4 is 0 Å². The monoisotopic (exact) mass is 237 g/mol. The molecule has 0 amide bonds. The van der Waals surface area contributed by atoms with E-state index in [2.05, 4.69) is 0 Å². The second-order valence-corrected chi connectivity index (χ2v) is 4.43. The van der Waals surface area contributed by atoms with E-state index in [-0.39, 0.29) is 5.82 Å². The molecule has 1 fully saturated rings. The molecule has 0 aromatic heterocycles. The molecular weight excluding hydrogens is 221 g/mol. The number of aliphatic carboxylic acids is 1. The summed E-state index contributed by atoms with van der Waals surface area (Å²) < 4.78 is 13.0. The van der Waals surface area contributed by atoms with Crippen LogP contribution in [0.3, 0.4) is 0 Å². The van der Waals surface area contributed by atoms with Crippen molar-refractivity contribution in [1.29, 1.82) is 0 Å². The summed E-state index contributed by atoms with van der Waals surface area (Å²) in [7, 11) is 0. The third kappa shape index (κ3) is 3.03. The van der Waals surface area contributed by atoms with Crippen LogP contribution in [0.15, 0.2) is 24.3 Å². The third-order valence-electron chi connectivity index (χ3n) is 3.18. The number of halogens is 1. The second kappa shape index (κ2) is 5.27. The van der Waals surface area contributed by atoms with Gasteiger partial charge in [0.15, 0.2) is 0 Å². The summed E-state index contributed by atoms with van der Waals surface area (Å²) in [6.45, 7) is 1.65. The largest absolute Gasteiger partial charge is 0.480 e. The number of carboxylic acids is 1. The quantitative estimate of drug-likeness (QED) is 0.869. The molecule has 1 atom stereocenters. The van der Waals surface area contributed by atoms with Crippen molar-refractivity contribution in [3.05, 3.63) is 35.6 Å². The van der Waals surface area contributed by atoms with Gasteiger partial charge in [0.05, 0.1) is 0 Å². The lowest BCUT2D eigenvalue weighted by Crippen LogP contribution is -2.40. The summed E-state index contributed by atoms with van der Waals surface area (Å²) in [5.41, 5.74) is 0.740. The molecule has 1 aromatic rings. The fourth-order valence-corrected chi connectivity index (χ4v) is 2.31. The van der Waals surface area contributed by atoms with Gasteiger partial charge in [-0.2, -0.15) is 0 Å². The van der Waals surface area contributed by atoms with Gasteiger partial charge in [-0.3, -0.25) is 9.69 Å². The molecule has 1 aliphatic rings. The molecule has 1 N–H and O–H groups in total. The van der Waals surface area contributed by atoms with Gasteiger partial charge in [0, 0.05) is 0 Å². The highest BCUT2D eigenvalue weighted by Gasteiger charge is 2.27. The number of carbonyl (C=O) groups is 1. The molecule has 0 saturated carbocycles. The van der Waals surface area contributed by atoms with Gasteiger partial charge in [-0.05, 0) is 50.0 Å². The fraction of sp³-hybridized carbons (Fsp3) is 0.462. The zero-order valence-electron chi connectivity index (χ0n) is 9.60. The summed E-state index contributed by atoms with van der Waals surface area (Å²) in [5.74, 6) is -1.13. The van der Waals surface area contributed by atoms with E-state index in [9.17, 15) is 14.3 Å². The number of nitrogens with zero attached hydrogens (tertiary/aromatic N) is 1. The van der Waals surface area contributed by atoms with Gasteiger partial charge in [-0.25, -0.2) is 4.39 Å². The van der Waals surface area contributed by atoms with Crippen LogP contribution in [0, 0.1) is 5.82 Å². The van der Waals surface area contributed by atoms with Crippen LogP contribution in [-0.2, 0) is 11.2 Å². The Labute approximate surface area is 99.9 Å². The number of carboxylic acid groups (broad SMARTS) is 1. The van der Waals surface area contributed by atoms with Crippen molar-refractivity contribution < 1.29 is 14.3 Å². The van der Waals surface area contributed by atoms with Crippen molar-refractivity contribution in [2.45, 2.75) is 25.3 Å². The molecule has 17 heavy (non-hydrogen) atoms. The first-order chi connectivity index (χ1) is 8.16. The van der Waals surface area contributed by atoms with Gasteiger partial charge in [-0.1, -0.05) is 12.1 Å². The zero-order chi connectivity index (χ0) is 12.3. The Kier molecular flexibility index (Phi) is 3.74. The minimum Gasteiger partial charge on any atom is -0.480 e. The fourth-order valence-electron chi connectivity index (χ4n) is 2.31. The molecule has 4 heteroatoms. The second-order valence-electron chi connectivity index (χ2n) is 4.43. The smallest absolute Gasteiger partial charge is 0.321 e. The first-order valence-corrected chi connectivity index (χ1v) is 5.88. The molecule has 0 radical (unpaired) electrons. The van der Waals surface area contributed by atoms with Crippen LogP contribution >= 0.6 is 0 Å². The van der Waals surface area contributed by atoms with Gasteiger partial charge in [0.25, 0.3) is 0 Å². The van der Waals surface area contributed by atoms with Gasteiger partial charge in [-0.15, -0.1) is 0 Å². The molecule has 1 aliphatic heterocycles. The average molecular weight is 237 g/mol. The van der Waals surface area contributed by atoms with Crippen LogP contribution in [0.5, 0.6) is 0 Å². The maximum absolute atomic E-state index is 13.0. The van der Waals surface area contributed by atoms with E-state index in [1.807, 2.05) is 4.90 Å². The van der Waals surface area contributed by atoms with E-state index >= 15 is 0 Å². The summed E-state index contributed by atoms with van der Waals surface area (Å²) in [6, 6.07) is 5.64. The highest BCUT2D eigenvalue weighted by atomic mass is 19.1. The molecule has 2 rings (SSSR count). The lowest BCUT2D eigenvalue weighted by molar-refractivity contribution is -0.142. The van der Waals surface area contributed by atoms with Crippen molar-refractivity contribution in [2.75, 3.05) is 13.1 Å². The van der Waals surface area contributed by atoms with Crippen LogP contribution in [-0.4, -0.2) is 35.1 Å². The SMILES string of the molecule is O=C(O)C(Cc1cccc(F)c1)N1CCCC1. The van der Waals surface area contributed by atoms with Crippen molar-refractivity contribution >= 4 is 5.97 Å². The van der Waals surface area contributed by atoms with E-state index < -0.39 is 12.0 Å². The third-order valence-corrected chi connectivity index (χ3v) is 3.18. The Bertz CT molecular complexity index is 402. The first-order valence-electron chi connectivity index (χ1n) is 5.88. The Balaban J connectivity index is 2.09. The van der Waals surface area contributed by atoms with Crippen LogP contribution in [0.4, 0.5) is 4.39 Å². The van der Waals surface area contributed by atoms with Crippen LogP contribution in [0.1, 0.15) is 18.4 Å². The van der Waals surface area contributed by atoms with Gasteiger partial charge in [0.2, 0.25) is 0 Å². The van der Waals surface area contributed by atoms with Gasteiger partial charge < -0.3 is 5.11 Å². The minimum atomic E-state index is -0.823. The minimum absolute atomic E-state index is 0.312. The highest BCUT2D eigenvalue weighted by Crippen LogP contribution is 2.16. The van der Waals surface area contributed by atoms with E-state index in [1.165, 1.54) is 12.1 Å². The van der Waals surface area contributed by atoms with Crippen LogP contribution in [0.25, 0.3) is 0 Å². The Morgan fingerprint density at radius 2 is 2.12 bits per heavy atom. The maximum Gasteiger partial charge on any atom is 0.321 e. The van der Waals surface area contributed by atoms with Crippen molar-refractivity contribution in [3.63, 3.8) is 0 Å². The highest BCUT2D eigenvalue weighted by molar-refractivity contribution is 5.74. The van der Waals surface area contributed by atoms with E-state index in [0.29, 0.717) is 6.42 Å². The summed E-state index contributed by atoms with van der Waals surface area (Å²) in [5, 5.41) is 9.23. The van der Waals surface area contributed by atoms with Gasteiger partial charge in [0.1, 0.15) is 11.9 Å². The predicted octanol–water partition coefficient (Wildman–Crippen LogP) is 1.92. The molecular formula is C13H16FNO2.